The maximum absolute atomic E-state index is 13.0. The van der Waals surface area contributed by atoms with Gasteiger partial charge in [-0.2, -0.15) is 0 Å². The van der Waals surface area contributed by atoms with Crippen LogP contribution in [0.25, 0.3) is 0 Å². The van der Waals surface area contributed by atoms with Gasteiger partial charge >= 0.3 is 0 Å². The lowest BCUT2D eigenvalue weighted by atomic mass is 10.1. The first-order valence-electron chi connectivity index (χ1n) is 10.4. The Labute approximate surface area is 197 Å². The fourth-order valence-electron chi connectivity index (χ4n) is 3.71. The van der Waals surface area contributed by atoms with Crippen molar-refractivity contribution >= 4 is 55.9 Å². The van der Waals surface area contributed by atoms with Gasteiger partial charge in [-0.25, -0.2) is 8.42 Å². The normalized spacial score (nSPS) is 14.2. The number of rotatable bonds is 6. The van der Waals surface area contributed by atoms with Crippen LogP contribution in [0.1, 0.15) is 34.5 Å². The number of hydrogen-bond acceptors (Lipinski definition) is 5. The molecule has 0 atom stereocenters. The number of anilines is 3. The molecule has 0 bridgehead atoms. The lowest BCUT2D eigenvalue weighted by Crippen LogP contribution is -2.30. The van der Waals surface area contributed by atoms with Gasteiger partial charge in [0.15, 0.2) is 0 Å². The topological polar surface area (TPSA) is 78.5 Å². The monoisotopic (exact) mass is 489 g/mol. The molecule has 2 aromatic carbocycles. The van der Waals surface area contributed by atoms with Gasteiger partial charge in [0.25, 0.3) is 15.9 Å². The Morgan fingerprint density at radius 3 is 2.41 bits per heavy atom. The number of sulfonamides is 1. The number of hydrogen-bond donors (Lipinski definition) is 2. The van der Waals surface area contributed by atoms with Crippen LogP contribution in [0.2, 0.25) is 5.02 Å². The van der Waals surface area contributed by atoms with E-state index in [1.54, 1.807) is 36.4 Å². The van der Waals surface area contributed by atoms with Gasteiger partial charge < -0.3 is 10.2 Å². The molecule has 1 aliphatic rings. The number of aryl methyl sites for hydroxylation is 1. The Morgan fingerprint density at radius 2 is 1.75 bits per heavy atom. The average Bonchev–Trinajstić information content (AvgIpc) is 3.22. The van der Waals surface area contributed by atoms with Gasteiger partial charge in [0.2, 0.25) is 0 Å². The van der Waals surface area contributed by atoms with Crippen molar-refractivity contribution in [2.45, 2.75) is 31.1 Å². The number of amides is 1. The average molecular weight is 490 g/mol. The van der Waals surface area contributed by atoms with Crippen LogP contribution in [0.4, 0.5) is 17.1 Å². The summed E-state index contributed by atoms with van der Waals surface area (Å²) in [7, 11) is -3.85. The first-order valence-corrected chi connectivity index (χ1v) is 13.1. The van der Waals surface area contributed by atoms with Crippen LogP contribution in [0.3, 0.4) is 0 Å². The smallest absolute Gasteiger partial charge is 0.266 e. The van der Waals surface area contributed by atoms with Crippen LogP contribution < -0.4 is 14.9 Å². The quantitative estimate of drug-likeness (QED) is 0.462. The first-order chi connectivity index (χ1) is 15.3. The molecule has 1 amide bonds. The van der Waals surface area contributed by atoms with Crippen molar-refractivity contribution < 1.29 is 13.2 Å². The fraction of sp³-hybridized carbons (Fsp3) is 0.261. The highest BCUT2D eigenvalue weighted by atomic mass is 35.5. The summed E-state index contributed by atoms with van der Waals surface area (Å²) in [6.45, 7) is 3.62. The van der Waals surface area contributed by atoms with E-state index in [4.69, 9.17) is 11.6 Å². The highest BCUT2D eigenvalue weighted by molar-refractivity contribution is 7.92. The Morgan fingerprint density at radius 1 is 1.03 bits per heavy atom. The maximum atomic E-state index is 13.0. The Kier molecular flexibility index (Phi) is 6.74. The molecule has 6 nitrogen and oxygen atoms in total. The first kappa shape index (κ1) is 22.6. The molecule has 4 rings (SSSR count). The number of piperidine rings is 1. The number of halogens is 1. The largest absolute Gasteiger partial charge is 0.370 e. The lowest BCUT2D eigenvalue weighted by molar-refractivity contribution is 0.103. The van der Waals surface area contributed by atoms with E-state index in [1.807, 2.05) is 18.4 Å². The van der Waals surface area contributed by atoms with Gasteiger partial charge in [-0.1, -0.05) is 11.6 Å². The van der Waals surface area contributed by atoms with Crippen molar-refractivity contribution in [3.63, 3.8) is 0 Å². The molecule has 1 aliphatic heterocycles. The summed E-state index contributed by atoms with van der Waals surface area (Å²) in [5.74, 6) is -0.240. The number of thiophene rings is 1. The highest BCUT2D eigenvalue weighted by Crippen LogP contribution is 2.32. The predicted molar refractivity (Wildman–Crippen MR) is 132 cm³/mol. The summed E-state index contributed by atoms with van der Waals surface area (Å²) < 4.78 is 28.6. The van der Waals surface area contributed by atoms with E-state index in [-0.39, 0.29) is 10.8 Å². The Bertz CT molecular complexity index is 1220. The summed E-state index contributed by atoms with van der Waals surface area (Å²) in [4.78, 5) is 15.8. The second-order valence-electron chi connectivity index (χ2n) is 7.73. The summed E-state index contributed by atoms with van der Waals surface area (Å²) in [5, 5.41) is 5.34. The molecular weight excluding hydrogens is 466 g/mol. The van der Waals surface area contributed by atoms with Gasteiger partial charge in [-0.15, -0.1) is 11.3 Å². The highest BCUT2D eigenvalue weighted by Gasteiger charge is 2.22. The summed E-state index contributed by atoms with van der Waals surface area (Å²) in [6, 6.07) is 13.2. The minimum Gasteiger partial charge on any atom is -0.370 e. The van der Waals surface area contributed by atoms with Crippen molar-refractivity contribution in [3.8, 4) is 0 Å². The van der Waals surface area contributed by atoms with Crippen molar-refractivity contribution in [2.24, 2.45) is 0 Å². The number of benzene rings is 2. The van der Waals surface area contributed by atoms with E-state index in [9.17, 15) is 13.2 Å². The third kappa shape index (κ3) is 5.09. The van der Waals surface area contributed by atoms with Gasteiger partial charge in [0.1, 0.15) is 0 Å². The molecule has 32 heavy (non-hydrogen) atoms. The second-order valence-corrected chi connectivity index (χ2v) is 10.8. The number of nitrogens with one attached hydrogen (secondary N) is 2. The molecule has 9 heteroatoms. The Balaban J connectivity index is 1.68. The van der Waals surface area contributed by atoms with Crippen molar-refractivity contribution in [1.82, 2.24) is 0 Å². The summed E-state index contributed by atoms with van der Waals surface area (Å²) >= 11 is 7.26. The standard InChI is InChI=1S/C23H24ClN3O3S2/c1-16-11-14-31-22(16)23(28)25-20-15-19(9-10-21(20)27-12-3-2-4-13-27)32(29,30)26-18-7-5-17(24)6-8-18/h5-11,14-15,26H,2-4,12-13H2,1H3,(H,25,28). The molecule has 2 heterocycles. The molecule has 1 fully saturated rings. The number of carbonyl (C=O) groups excluding carboxylic acids is 1. The third-order valence-electron chi connectivity index (χ3n) is 5.39. The van der Waals surface area contributed by atoms with Gasteiger partial charge in [-0.05, 0) is 85.7 Å². The van der Waals surface area contributed by atoms with Crippen molar-refractivity contribution in [2.75, 3.05) is 28.0 Å². The Hall–Kier alpha value is -2.55. The van der Waals surface area contributed by atoms with Crippen LogP contribution in [-0.4, -0.2) is 27.4 Å². The van der Waals surface area contributed by atoms with Crippen LogP contribution >= 0.6 is 22.9 Å². The van der Waals surface area contributed by atoms with E-state index in [1.165, 1.54) is 23.8 Å². The minimum atomic E-state index is -3.85. The van der Waals surface area contributed by atoms with E-state index in [2.05, 4.69) is 14.9 Å². The van der Waals surface area contributed by atoms with Gasteiger partial charge in [0.05, 0.1) is 21.1 Å². The zero-order valence-electron chi connectivity index (χ0n) is 17.6. The molecule has 0 saturated carbocycles. The van der Waals surface area contributed by atoms with Crippen LogP contribution in [0.5, 0.6) is 0 Å². The predicted octanol–water partition coefficient (Wildman–Crippen LogP) is 5.75. The second kappa shape index (κ2) is 9.52. The van der Waals surface area contributed by atoms with Crippen LogP contribution in [-0.2, 0) is 10.0 Å². The van der Waals surface area contributed by atoms with E-state index >= 15 is 0 Å². The number of carbonyl (C=O) groups is 1. The van der Waals surface area contributed by atoms with E-state index in [0.29, 0.717) is 21.3 Å². The molecule has 2 N–H and O–H groups in total. The SMILES string of the molecule is Cc1ccsc1C(=O)Nc1cc(S(=O)(=O)Nc2ccc(Cl)cc2)ccc1N1CCCCC1. The minimum absolute atomic E-state index is 0.0754. The third-order valence-corrected chi connectivity index (χ3v) is 8.03. The molecule has 0 spiro atoms. The molecule has 0 unspecified atom stereocenters. The van der Waals surface area contributed by atoms with Gasteiger partial charge in [-0.3, -0.25) is 9.52 Å². The molecule has 1 saturated heterocycles. The maximum Gasteiger partial charge on any atom is 0.266 e. The lowest BCUT2D eigenvalue weighted by Gasteiger charge is -2.30. The van der Waals surface area contributed by atoms with Crippen LogP contribution in [0, 0.1) is 6.92 Å². The van der Waals surface area contributed by atoms with E-state index in [0.717, 1.165) is 37.2 Å². The van der Waals surface area contributed by atoms with Crippen LogP contribution in [0.15, 0.2) is 58.8 Å². The molecule has 168 valence electrons. The summed E-state index contributed by atoms with van der Waals surface area (Å²) in [6.07, 6.45) is 3.30. The van der Waals surface area contributed by atoms with Gasteiger partial charge in [0, 0.05) is 23.8 Å². The van der Waals surface area contributed by atoms with E-state index < -0.39 is 10.0 Å². The molecular formula is C23H24ClN3O3S2. The molecule has 1 aromatic heterocycles. The summed E-state index contributed by atoms with van der Waals surface area (Å²) in [5.41, 5.74) is 2.62. The molecule has 0 radical (unpaired) electrons. The molecule has 3 aromatic rings. The zero-order valence-corrected chi connectivity index (χ0v) is 20.0. The van der Waals surface area contributed by atoms with Crippen molar-refractivity contribution in [3.05, 3.63) is 69.4 Å². The zero-order chi connectivity index (χ0) is 22.7. The fourth-order valence-corrected chi connectivity index (χ4v) is 5.74. The molecule has 0 aliphatic carbocycles. The number of nitrogens with zero attached hydrogens (tertiary/aromatic N) is 1. The van der Waals surface area contributed by atoms with Crippen molar-refractivity contribution in [1.29, 1.82) is 0 Å².